The molecule has 0 radical (unpaired) electrons. The summed E-state index contributed by atoms with van der Waals surface area (Å²) in [5.41, 5.74) is 4.90. The number of ether oxygens (including phenoxy) is 1. The number of benzene rings is 3. The van der Waals surface area contributed by atoms with Crippen LogP contribution in [0.1, 0.15) is 53.6 Å². The number of methoxy groups -OCH3 is 1. The molecule has 1 fully saturated rings. The summed E-state index contributed by atoms with van der Waals surface area (Å²) in [7, 11) is 1.57. The van der Waals surface area contributed by atoms with Gasteiger partial charge in [0.15, 0.2) is 5.13 Å². The molecular weight excluding hydrogens is 484 g/mol. The smallest absolute Gasteiger partial charge is 0.301 e. The van der Waals surface area contributed by atoms with E-state index in [1.54, 1.807) is 25.3 Å². The average molecular weight is 513 g/mol. The van der Waals surface area contributed by atoms with E-state index in [0.717, 1.165) is 26.9 Å². The van der Waals surface area contributed by atoms with E-state index in [1.165, 1.54) is 21.8 Å². The molecular formula is C30H28N2O4S. The first-order chi connectivity index (χ1) is 17.7. The van der Waals surface area contributed by atoms with Gasteiger partial charge < -0.3 is 9.84 Å². The van der Waals surface area contributed by atoms with E-state index in [0.29, 0.717) is 22.4 Å². The number of carbonyl (C=O) groups excluding carboxylic acids is 2. The van der Waals surface area contributed by atoms with E-state index in [2.05, 4.69) is 19.9 Å². The van der Waals surface area contributed by atoms with Crippen LogP contribution in [-0.4, -0.2) is 28.9 Å². The van der Waals surface area contributed by atoms with Crippen LogP contribution in [-0.2, 0) is 9.59 Å². The lowest BCUT2D eigenvalue weighted by Crippen LogP contribution is -2.29. The zero-order valence-electron chi connectivity index (χ0n) is 21.4. The summed E-state index contributed by atoms with van der Waals surface area (Å²) < 4.78 is 6.23. The van der Waals surface area contributed by atoms with Crippen molar-refractivity contribution in [1.29, 1.82) is 0 Å². The fourth-order valence-corrected chi connectivity index (χ4v) is 5.79. The molecule has 1 amide bonds. The highest BCUT2D eigenvalue weighted by atomic mass is 32.1. The number of amides is 1. The van der Waals surface area contributed by atoms with E-state index >= 15 is 0 Å². The third-order valence-electron chi connectivity index (χ3n) is 6.76. The highest BCUT2D eigenvalue weighted by molar-refractivity contribution is 7.22. The fraction of sp³-hybridized carbons (Fsp3) is 0.233. The molecule has 6 nitrogen and oxygen atoms in total. The summed E-state index contributed by atoms with van der Waals surface area (Å²) in [6, 6.07) is 18.1. The van der Waals surface area contributed by atoms with Crippen molar-refractivity contribution >= 4 is 44.1 Å². The molecule has 37 heavy (non-hydrogen) atoms. The van der Waals surface area contributed by atoms with E-state index in [4.69, 9.17) is 9.72 Å². The molecule has 1 saturated heterocycles. The molecule has 1 aliphatic rings. The number of hydrogen-bond donors (Lipinski definition) is 1. The van der Waals surface area contributed by atoms with Crippen molar-refractivity contribution < 1.29 is 19.4 Å². The summed E-state index contributed by atoms with van der Waals surface area (Å²) in [5.74, 6) is -0.663. The monoisotopic (exact) mass is 512 g/mol. The van der Waals surface area contributed by atoms with Gasteiger partial charge in [-0.2, -0.15) is 0 Å². The number of aryl methyl sites for hydroxylation is 2. The first-order valence-corrected chi connectivity index (χ1v) is 12.9. The predicted octanol–water partition coefficient (Wildman–Crippen LogP) is 6.67. The second-order valence-electron chi connectivity index (χ2n) is 9.64. The number of carbonyl (C=O) groups is 2. The Balaban J connectivity index is 1.72. The topological polar surface area (TPSA) is 79.7 Å². The maximum atomic E-state index is 13.5. The lowest BCUT2D eigenvalue weighted by molar-refractivity contribution is -0.132. The summed E-state index contributed by atoms with van der Waals surface area (Å²) in [4.78, 5) is 33.2. The molecule has 0 spiro atoms. The van der Waals surface area contributed by atoms with Crippen LogP contribution in [0.25, 0.3) is 16.0 Å². The Kier molecular flexibility index (Phi) is 6.33. The minimum atomic E-state index is -0.813. The van der Waals surface area contributed by atoms with Crippen LogP contribution < -0.4 is 9.64 Å². The number of fused-ring (bicyclic) bond motifs is 1. The van der Waals surface area contributed by atoms with Crippen molar-refractivity contribution in [2.45, 2.75) is 39.7 Å². The van der Waals surface area contributed by atoms with Gasteiger partial charge in [-0.1, -0.05) is 61.1 Å². The molecule has 0 aliphatic carbocycles. The number of hydrogen-bond acceptors (Lipinski definition) is 6. The summed E-state index contributed by atoms with van der Waals surface area (Å²) in [6.07, 6.45) is 0. The molecule has 5 rings (SSSR count). The third-order valence-corrected chi connectivity index (χ3v) is 7.78. The molecule has 188 valence electrons. The second-order valence-corrected chi connectivity index (χ2v) is 10.7. The van der Waals surface area contributed by atoms with E-state index in [9.17, 15) is 14.7 Å². The van der Waals surface area contributed by atoms with Crippen molar-refractivity contribution in [3.05, 3.63) is 94.1 Å². The fourth-order valence-electron chi connectivity index (χ4n) is 4.75. The molecule has 4 aromatic rings. The number of aromatic nitrogens is 1. The van der Waals surface area contributed by atoms with Crippen LogP contribution in [0.5, 0.6) is 5.75 Å². The van der Waals surface area contributed by atoms with Crippen LogP contribution >= 0.6 is 11.3 Å². The van der Waals surface area contributed by atoms with Crippen molar-refractivity contribution in [2.24, 2.45) is 0 Å². The minimum Gasteiger partial charge on any atom is -0.507 e. The average Bonchev–Trinajstić information content (AvgIpc) is 3.41. The van der Waals surface area contributed by atoms with Crippen LogP contribution in [0.2, 0.25) is 0 Å². The van der Waals surface area contributed by atoms with Gasteiger partial charge in [-0.25, -0.2) is 4.98 Å². The first kappa shape index (κ1) is 24.7. The zero-order valence-corrected chi connectivity index (χ0v) is 22.2. The first-order valence-electron chi connectivity index (χ1n) is 12.1. The molecule has 1 unspecified atom stereocenters. The van der Waals surface area contributed by atoms with E-state index < -0.39 is 17.7 Å². The predicted molar refractivity (Wildman–Crippen MR) is 147 cm³/mol. The normalized spacial score (nSPS) is 17.2. The van der Waals surface area contributed by atoms with Crippen LogP contribution in [0.3, 0.4) is 0 Å². The largest absolute Gasteiger partial charge is 0.507 e. The van der Waals surface area contributed by atoms with Crippen molar-refractivity contribution in [2.75, 3.05) is 12.0 Å². The quantitative estimate of drug-likeness (QED) is 0.183. The highest BCUT2D eigenvalue weighted by Gasteiger charge is 2.48. The maximum Gasteiger partial charge on any atom is 0.301 e. The Hall–Kier alpha value is -3.97. The Labute approximate surface area is 219 Å². The van der Waals surface area contributed by atoms with Gasteiger partial charge in [0.1, 0.15) is 11.5 Å². The summed E-state index contributed by atoms with van der Waals surface area (Å²) in [6.45, 7) is 8.03. The lowest BCUT2D eigenvalue weighted by atomic mass is 9.93. The minimum absolute atomic E-state index is 0.0472. The molecule has 3 aromatic carbocycles. The van der Waals surface area contributed by atoms with Gasteiger partial charge in [-0.15, -0.1) is 0 Å². The molecule has 0 bridgehead atoms. The molecule has 1 aromatic heterocycles. The molecule has 2 heterocycles. The van der Waals surface area contributed by atoms with Crippen molar-refractivity contribution in [3.63, 3.8) is 0 Å². The number of thiazole rings is 1. The van der Waals surface area contributed by atoms with Gasteiger partial charge in [0.2, 0.25) is 0 Å². The number of aliphatic hydroxyl groups excluding tert-OH is 1. The van der Waals surface area contributed by atoms with Crippen LogP contribution in [0, 0.1) is 13.8 Å². The molecule has 7 heteroatoms. The van der Waals surface area contributed by atoms with Gasteiger partial charge in [-0.05, 0) is 66.8 Å². The number of anilines is 1. The van der Waals surface area contributed by atoms with Gasteiger partial charge in [0.05, 0.1) is 28.9 Å². The van der Waals surface area contributed by atoms with Gasteiger partial charge >= 0.3 is 5.91 Å². The third kappa shape index (κ3) is 4.29. The van der Waals surface area contributed by atoms with Crippen LogP contribution in [0.15, 0.2) is 66.2 Å². The second kappa shape index (κ2) is 9.48. The SMILES string of the molecule is COc1ccc(/C(O)=C2\C(=O)C(=O)N(c3nc4ccc(C(C)C)cc4s3)C2c2cccc(C)c2)c(C)c1. The summed E-state index contributed by atoms with van der Waals surface area (Å²) in [5, 5.41) is 11.9. The molecule has 1 aliphatic heterocycles. The number of ketones is 1. The lowest BCUT2D eigenvalue weighted by Gasteiger charge is -2.23. The Bertz CT molecular complexity index is 1580. The van der Waals surface area contributed by atoms with Crippen molar-refractivity contribution in [3.8, 4) is 5.75 Å². The van der Waals surface area contributed by atoms with E-state index in [1.807, 2.05) is 50.2 Å². The number of aliphatic hydroxyl groups is 1. The Morgan fingerprint density at radius 3 is 2.51 bits per heavy atom. The van der Waals surface area contributed by atoms with Crippen LogP contribution in [0.4, 0.5) is 5.13 Å². The molecule has 1 atom stereocenters. The van der Waals surface area contributed by atoms with Gasteiger partial charge in [0.25, 0.3) is 5.78 Å². The maximum absolute atomic E-state index is 13.5. The summed E-state index contributed by atoms with van der Waals surface area (Å²) >= 11 is 1.37. The van der Waals surface area contributed by atoms with Crippen molar-refractivity contribution in [1.82, 2.24) is 4.98 Å². The number of Topliss-reactive ketones (excluding diaryl/α,β-unsaturated/α-hetero) is 1. The Morgan fingerprint density at radius 2 is 1.84 bits per heavy atom. The van der Waals surface area contributed by atoms with Gasteiger partial charge in [0, 0.05) is 5.56 Å². The number of rotatable bonds is 5. The van der Waals surface area contributed by atoms with Gasteiger partial charge in [-0.3, -0.25) is 14.5 Å². The highest BCUT2D eigenvalue weighted by Crippen LogP contribution is 2.45. The van der Waals surface area contributed by atoms with E-state index in [-0.39, 0.29) is 11.3 Å². The standard InChI is InChI=1S/C30H28N2O4S/c1-16(2)19-9-12-23-24(15-19)37-30(31-23)32-26(20-8-6-7-17(3)13-20)25(28(34)29(32)35)27(33)22-11-10-21(36-5)14-18(22)4/h6-16,26,33H,1-5H3/b27-25+. The zero-order chi connectivity index (χ0) is 26.4. The molecule has 1 N–H and O–H groups in total. The Morgan fingerprint density at radius 1 is 1.05 bits per heavy atom. The molecule has 0 saturated carbocycles. The number of nitrogens with zero attached hydrogens (tertiary/aromatic N) is 2.